The third-order valence-electron chi connectivity index (χ3n) is 3.26. The number of thiazole rings is 1. The van der Waals surface area contributed by atoms with E-state index < -0.39 is 0 Å². The van der Waals surface area contributed by atoms with Crippen LogP contribution in [0, 0.1) is 0 Å². The molecule has 0 spiro atoms. The lowest BCUT2D eigenvalue weighted by Crippen LogP contribution is -2.19. The summed E-state index contributed by atoms with van der Waals surface area (Å²) in [6.07, 6.45) is 1.54. The van der Waals surface area contributed by atoms with E-state index >= 15 is 0 Å². The van der Waals surface area contributed by atoms with Crippen molar-refractivity contribution in [2.24, 2.45) is 5.10 Å². The number of hydrogen-bond acceptors (Lipinski definition) is 6. The molecule has 0 unspecified atom stereocenters. The lowest BCUT2D eigenvalue weighted by atomic mass is 10.2. The molecule has 26 heavy (non-hydrogen) atoms. The van der Waals surface area contributed by atoms with E-state index in [9.17, 15) is 4.79 Å². The molecule has 0 atom stereocenters. The summed E-state index contributed by atoms with van der Waals surface area (Å²) < 4.78 is 7.35. The number of thioether (sulfide) groups is 1. The standard InChI is InChI=1S/C18H16ClN3O2S2/c1-2-24-15-8-7-12(9-13(15)19)10-20-22-17(23)11-25-18-21-14-5-3-4-6-16(14)26-18/h3-10H,2,11H2,1H3,(H,22,23)/b20-10-. The molecule has 3 aromatic rings. The number of nitrogens with one attached hydrogen (secondary N) is 1. The van der Waals surface area contributed by atoms with E-state index in [0.29, 0.717) is 17.4 Å². The van der Waals surface area contributed by atoms with Crippen molar-refractivity contribution in [3.8, 4) is 5.75 Å². The summed E-state index contributed by atoms with van der Waals surface area (Å²) in [6.45, 7) is 2.45. The molecule has 1 amide bonds. The van der Waals surface area contributed by atoms with Gasteiger partial charge in [0.15, 0.2) is 4.34 Å². The monoisotopic (exact) mass is 405 g/mol. The van der Waals surface area contributed by atoms with E-state index in [1.807, 2.05) is 37.3 Å². The fourth-order valence-electron chi connectivity index (χ4n) is 2.12. The zero-order valence-electron chi connectivity index (χ0n) is 13.9. The highest BCUT2D eigenvalue weighted by Crippen LogP contribution is 2.29. The third kappa shape index (κ3) is 4.97. The van der Waals surface area contributed by atoms with Crippen molar-refractivity contribution in [1.29, 1.82) is 0 Å². The maximum atomic E-state index is 11.9. The largest absolute Gasteiger partial charge is 0.492 e. The van der Waals surface area contributed by atoms with Crippen molar-refractivity contribution >= 4 is 57.0 Å². The zero-order valence-corrected chi connectivity index (χ0v) is 16.3. The molecule has 1 N–H and O–H groups in total. The molecular formula is C18H16ClN3O2S2. The van der Waals surface area contributed by atoms with Crippen molar-refractivity contribution in [3.05, 3.63) is 53.1 Å². The normalized spacial score (nSPS) is 11.2. The van der Waals surface area contributed by atoms with Gasteiger partial charge in [0.1, 0.15) is 5.75 Å². The lowest BCUT2D eigenvalue weighted by molar-refractivity contribution is -0.118. The van der Waals surface area contributed by atoms with Crippen LogP contribution in [-0.2, 0) is 4.79 Å². The highest BCUT2D eigenvalue weighted by Gasteiger charge is 2.07. The topological polar surface area (TPSA) is 63.6 Å². The van der Waals surface area contributed by atoms with Gasteiger partial charge >= 0.3 is 0 Å². The number of para-hydroxylation sites is 1. The van der Waals surface area contributed by atoms with E-state index in [1.54, 1.807) is 29.7 Å². The molecule has 3 rings (SSSR count). The highest BCUT2D eigenvalue weighted by atomic mass is 35.5. The van der Waals surface area contributed by atoms with Crippen LogP contribution < -0.4 is 10.2 Å². The lowest BCUT2D eigenvalue weighted by Gasteiger charge is -2.05. The van der Waals surface area contributed by atoms with E-state index in [0.717, 1.165) is 20.1 Å². The van der Waals surface area contributed by atoms with Gasteiger partial charge in [0.25, 0.3) is 5.91 Å². The van der Waals surface area contributed by atoms with Crippen molar-refractivity contribution in [3.63, 3.8) is 0 Å². The molecular weight excluding hydrogens is 390 g/mol. The summed E-state index contributed by atoms with van der Waals surface area (Å²) in [5.74, 6) is 0.686. The van der Waals surface area contributed by atoms with E-state index in [2.05, 4.69) is 15.5 Å². The Balaban J connectivity index is 1.50. The molecule has 0 aliphatic heterocycles. The Morgan fingerprint density at radius 3 is 3.00 bits per heavy atom. The number of aromatic nitrogens is 1. The highest BCUT2D eigenvalue weighted by molar-refractivity contribution is 8.01. The summed E-state index contributed by atoms with van der Waals surface area (Å²) in [7, 11) is 0. The molecule has 5 nitrogen and oxygen atoms in total. The summed E-state index contributed by atoms with van der Waals surface area (Å²) in [5.41, 5.74) is 4.23. The summed E-state index contributed by atoms with van der Waals surface area (Å²) in [6, 6.07) is 13.2. The molecule has 1 heterocycles. The van der Waals surface area contributed by atoms with Crippen molar-refractivity contribution in [1.82, 2.24) is 10.4 Å². The minimum Gasteiger partial charge on any atom is -0.492 e. The maximum absolute atomic E-state index is 11.9. The van der Waals surface area contributed by atoms with Gasteiger partial charge in [-0.05, 0) is 42.8 Å². The van der Waals surface area contributed by atoms with Crippen LogP contribution in [0.5, 0.6) is 5.75 Å². The molecule has 134 valence electrons. The number of carbonyl (C=O) groups is 1. The van der Waals surface area contributed by atoms with Gasteiger partial charge in [-0.3, -0.25) is 4.79 Å². The van der Waals surface area contributed by atoms with E-state index in [1.165, 1.54) is 11.8 Å². The fourth-order valence-corrected chi connectivity index (χ4v) is 4.23. The second kappa shape index (κ2) is 9.02. The van der Waals surface area contributed by atoms with Crippen LogP contribution in [0.2, 0.25) is 5.02 Å². The van der Waals surface area contributed by atoms with E-state index in [-0.39, 0.29) is 11.7 Å². The molecule has 0 aliphatic rings. The number of nitrogens with zero attached hydrogens (tertiary/aromatic N) is 2. The number of amides is 1. The number of hydrogen-bond donors (Lipinski definition) is 1. The molecule has 0 aliphatic carbocycles. The number of halogens is 1. The van der Waals surface area contributed by atoms with Crippen LogP contribution in [0.25, 0.3) is 10.2 Å². The number of benzene rings is 2. The second-order valence-electron chi connectivity index (χ2n) is 5.15. The molecule has 8 heteroatoms. The van der Waals surface area contributed by atoms with Crippen LogP contribution in [0.1, 0.15) is 12.5 Å². The predicted octanol–water partition coefficient (Wildman–Crippen LogP) is 4.59. The first kappa shape index (κ1) is 18.7. The number of fused-ring (bicyclic) bond motifs is 1. The molecule has 1 aromatic heterocycles. The summed E-state index contributed by atoms with van der Waals surface area (Å²) in [5, 5.41) is 4.47. The van der Waals surface area contributed by atoms with Gasteiger partial charge in [-0.15, -0.1) is 11.3 Å². The summed E-state index contributed by atoms with van der Waals surface area (Å²) >= 11 is 9.09. The van der Waals surface area contributed by atoms with Crippen LogP contribution in [0.3, 0.4) is 0 Å². The Morgan fingerprint density at radius 2 is 2.23 bits per heavy atom. The minimum atomic E-state index is -0.192. The predicted molar refractivity (Wildman–Crippen MR) is 109 cm³/mol. The van der Waals surface area contributed by atoms with Gasteiger partial charge in [-0.2, -0.15) is 5.10 Å². The first-order valence-corrected chi connectivity index (χ1v) is 10.1. The first-order valence-electron chi connectivity index (χ1n) is 7.88. The number of ether oxygens (including phenoxy) is 1. The van der Waals surface area contributed by atoms with Crippen molar-refractivity contribution in [2.75, 3.05) is 12.4 Å². The molecule has 0 saturated carbocycles. The van der Waals surface area contributed by atoms with Crippen LogP contribution in [0.15, 0.2) is 51.9 Å². The molecule has 0 saturated heterocycles. The Morgan fingerprint density at radius 1 is 1.38 bits per heavy atom. The Hall–Kier alpha value is -2.09. The SMILES string of the molecule is CCOc1ccc(/C=N\NC(=O)CSc2nc3ccccc3s2)cc1Cl. The Kier molecular flexibility index (Phi) is 6.49. The Bertz CT molecular complexity index is 910. The minimum absolute atomic E-state index is 0.192. The van der Waals surface area contributed by atoms with Crippen molar-refractivity contribution < 1.29 is 9.53 Å². The first-order chi connectivity index (χ1) is 12.7. The average molecular weight is 406 g/mol. The van der Waals surface area contributed by atoms with E-state index in [4.69, 9.17) is 16.3 Å². The zero-order chi connectivity index (χ0) is 18.4. The third-order valence-corrected chi connectivity index (χ3v) is 5.73. The van der Waals surface area contributed by atoms with Gasteiger partial charge in [0, 0.05) is 0 Å². The smallest absolute Gasteiger partial charge is 0.250 e. The molecule has 0 bridgehead atoms. The quantitative estimate of drug-likeness (QED) is 0.354. The molecule has 0 fully saturated rings. The molecule has 0 radical (unpaired) electrons. The second-order valence-corrected chi connectivity index (χ2v) is 7.81. The van der Waals surface area contributed by atoms with Crippen LogP contribution in [0.4, 0.5) is 0 Å². The van der Waals surface area contributed by atoms with Gasteiger partial charge in [-0.1, -0.05) is 35.5 Å². The number of rotatable bonds is 7. The van der Waals surface area contributed by atoms with Crippen LogP contribution >= 0.6 is 34.7 Å². The Labute approximate surface area is 164 Å². The van der Waals surface area contributed by atoms with Crippen molar-refractivity contribution in [2.45, 2.75) is 11.3 Å². The summed E-state index contributed by atoms with van der Waals surface area (Å²) in [4.78, 5) is 16.4. The average Bonchev–Trinajstić information content (AvgIpc) is 3.05. The molecule has 2 aromatic carbocycles. The maximum Gasteiger partial charge on any atom is 0.250 e. The fraction of sp³-hybridized carbons (Fsp3) is 0.167. The van der Waals surface area contributed by atoms with Gasteiger partial charge in [0.2, 0.25) is 0 Å². The van der Waals surface area contributed by atoms with Gasteiger partial charge in [-0.25, -0.2) is 10.4 Å². The number of hydrazone groups is 1. The number of carbonyl (C=O) groups excluding carboxylic acids is 1. The van der Waals surface area contributed by atoms with Gasteiger partial charge < -0.3 is 4.74 Å². The van der Waals surface area contributed by atoms with Crippen LogP contribution in [-0.4, -0.2) is 29.5 Å². The van der Waals surface area contributed by atoms with Gasteiger partial charge in [0.05, 0.1) is 33.8 Å².